The first-order chi connectivity index (χ1) is 10.2. The second kappa shape index (κ2) is 6.28. The Balaban J connectivity index is 1.72. The Hall–Kier alpha value is -0.570. The van der Waals surface area contributed by atoms with Crippen LogP contribution in [-0.4, -0.2) is 29.1 Å². The lowest BCUT2D eigenvalue weighted by Crippen LogP contribution is -2.47. The first-order valence-electron chi connectivity index (χ1n) is 9.23. The van der Waals surface area contributed by atoms with E-state index in [4.69, 9.17) is 0 Å². The summed E-state index contributed by atoms with van der Waals surface area (Å²) in [6.07, 6.45) is 10.2. The van der Waals surface area contributed by atoms with Gasteiger partial charge in [-0.3, -0.25) is 10.1 Å². The second-order valence-corrected chi connectivity index (χ2v) is 7.64. The summed E-state index contributed by atoms with van der Waals surface area (Å²) in [4.78, 5) is 15.1. The van der Waals surface area contributed by atoms with Crippen LogP contribution in [0.3, 0.4) is 0 Å². The maximum Gasteiger partial charge on any atom is 0.241 e. The van der Waals surface area contributed by atoms with E-state index < -0.39 is 0 Å². The minimum Gasteiger partial charge on any atom is -0.323 e. The number of carbonyl (C=O) groups is 1. The molecule has 1 heterocycles. The summed E-state index contributed by atoms with van der Waals surface area (Å²) in [6.45, 7) is 6.72. The summed E-state index contributed by atoms with van der Waals surface area (Å²) in [5.41, 5.74) is 0. The lowest BCUT2D eigenvalue weighted by atomic mass is 9.83. The van der Waals surface area contributed by atoms with Gasteiger partial charge in [0, 0.05) is 6.04 Å². The monoisotopic (exact) mass is 292 g/mol. The number of rotatable bonds is 6. The zero-order valence-electron chi connectivity index (χ0n) is 14.0. The Morgan fingerprint density at radius 2 is 1.95 bits per heavy atom. The maximum absolute atomic E-state index is 12.8. The smallest absolute Gasteiger partial charge is 0.241 e. The average molecular weight is 292 g/mol. The molecule has 1 saturated heterocycles. The Bertz CT molecular complexity index is 383. The molecule has 2 saturated carbocycles. The van der Waals surface area contributed by atoms with Crippen molar-refractivity contribution in [1.82, 2.24) is 10.2 Å². The number of nitrogens with zero attached hydrogens (tertiary/aromatic N) is 1. The van der Waals surface area contributed by atoms with E-state index >= 15 is 0 Å². The van der Waals surface area contributed by atoms with Crippen LogP contribution < -0.4 is 5.32 Å². The molecule has 120 valence electrons. The summed E-state index contributed by atoms with van der Waals surface area (Å²) < 4.78 is 0. The topological polar surface area (TPSA) is 32.3 Å². The minimum absolute atomic E-state index is 0.0765. The number of hydrogen-bond acceptors (Lipinski definition) is 2. The summed E-state index contributed by atoms with van der Waals surface area (Å²) in [5.74, 6) is 2.99. The predicted octanol–water partition coefficient (Wildman–Crippen LogP) is 3.54. The highest BCUT2D eigenvalue weighted by Crippen LogP contribution is 2.50. The summed E-state index contributed by atoms with van der Waals surface area (Å²) >= 11 is 0. The van der Waals surface area contributed by atoms with E-state index in [9.17, 15) is 4.79 Å². The highest BCUT2D eigenvalue weighted by atomic mass is 16.2. The van der Waals surface area contributed by atoms with Crippen molar-refractivity contribution >= 4 is 5.91 Å². The van der Waals surface area contributed by atoms with Crippen molar-refractivity contribution < 1.29 is 4.79 Å². The van der Waals surface area contributed by atoms with Gasteiger partial charge in [-0.25, -0.2) is 0 Å². The maximum atomic E-state index is 12.8. The van der Waals surface area contributed by atoms with Gasteiger partial charge in [0.25, 0.3) is 0 Å². The Morgan fingerprint density at radius 1 is 1.19 bits per heavy atom. The van der Waals surface area contributed by atoms with Gasteiger partial charge in [-0.1, -0.05) is 33.1 Å². The fraction of sp³-hybridized carbons (Fsp3) is 0.944. The van der Waals surface area contributed by atoms with Crippen LogP contribution in [-0.2, 0) is 4.79 Å². The minimum atomic E-state index is 0.0765. The molecule has 3 rings (SSSR count). The second-order valence-electron chi connectivity index (χ2n) is 7.64. The quantitative estimate of drug-likeness (QED) is 0.812. The molecule has 3 fully saturated rings. The largest absolute Gasteiger partial charge is 0.323 e. The summed E-state index contributed by atoms with van der Waals surface area (Å²) in [7, 11) is 0. The molecule has 2 aliphatic carbocycles. The Morgan fingerprint density at radius 3 is 2.52 bits per heavy atom. The predicted molar refractivity (Wildman–Crippen MR) is 85.8 cm³/mol. The molecule has 0 aromatic rings. The highest BCUT2D eigenvalue weighted by molar-refractivity contribution is 5.84. The molecule has 0 radical (unpaired) electrons. The fourth-order valence-electron chi connectivity index (χ4n) is 5.28. The van der Waals surface area contributed by atoms with Crippen LogP contribution in [0.4, 0.5) is 0 Å². The molecular weight excluding hydrogens is 260 g/mol. The molecule has 6 atom stereocenters. The standard InChI is InChI=1S/C18H32N2O/c1-4-6-16-18(21)20(17(19-16)7-5-2)12(3)15-11-13-8-9-14(15)10-13/h12-17,19H,4-11H2,1-3H3. The van der Waals surface area contributed by atoms with Crippen molar-refractivity contribution in [1.29, 1.82) is 0 Å². The number of nitrogens with one attached hydrogen (secondary N) is 1. The van der Waals surface area contributed by atoms with Gasteiger partial charge in [-0.15, -0.1) is 0 Å². The summed E-state index contributed by atoms with van der Waals surface area (Å²) in [5, 5.41) is 3.62. The van der Waals surface area contributed by atoms with Crippen LogP contribution in [0.2, 0.25) is 0 Å². The highest BCUT2D eigenvalue weighted by Gasteiger charge is 2.48. The van der Waals surface area contributed by atoms with Crippen LogP contribution in [0.15, 0.2) is 0 Å². The third kappa shape index (κ3) is 2.74. The van der Waals surface area contributed by atoms with Crippen molar-refractivity contribution in [3.8, 4) is 0 Å². The van der Waals surface area contributed by atoms with Crippen molar-refractivity contribution in [3.05, 3.63) is 0 Å². The molecule has 3 aliphatic rings. The van der Waals surface area contributed by atoms with Crippen LogP contribution >= 0.6 is 0 Å². The molecule has 3 heteroatoms. The first-order valence-corrected chi connectivity index (χ1v) is 9.23. The van der Waals surface area contributed by atoms with Crippen molar-refractivity contribution in [2.24, 2.45) is 17.8 Å². The van der Waals surface area contributed by atoms with Crippen LogP contribution in [0.5, 0.6) is 0 Å². The van der Waals surface area contributed by atoms with E-state index in [1.165, 1.54) is 25.7 Å². The van der Waals surface area contributed by atoms with E-state index in [-0.39, 0.29) is 12.2 Å². The van der Waals surface area contributed by atoms with Gasteiger partial charge >= 0.3 is 0 Å². The number of hydrogen-bond donors (Lipinski definition) is 1. The van der Waals surface area contributed by atoms with Crippen LogP contribution in [0.1, 0.15) is 72.1 Å². The molecule has 1 N–H and O–H groups in total. The molecule has 21 heavy (non-hydrogen) atoms. The Labute approximate surface area is 129 Å². The zero-order valence-corrected chi connectivity index (χ0v) is 14.0. The number of fused-ring (bicyclic) bond motifs is 2. The van der Waals surface area contributed by atoms with Gasteiger partial charge < -0.3 is 4.90 Å². The van der Waals surface area contributed by atoms with Gasteiger partial charge in [0.15, 0.2) is 0 Å². The molecule has 2 bridgehead atoms. The molecule has 1 aliphatic heterocycles. The molecule has 0 aromatic heterocycles. The van der Waals surface area contributed by atoms with Gasteiger partial charge in [0.05, 0.1) is 12.2 Å². The molecule has 0 spiro atoms. The lowest BCUT2D eigenvalue weighted by Gasteiger charge is -2.37. The van der Waals surface area contributed by atoms with Crippen molar-refractivity contribution in [2.75, 3.05) is 0 Å². The zero-order chi connectivity index (χ0) is 15.0. The van der Waals surface area contributed by atoms with Gasteiger partial charge in [0.1, 0.15) is 0 Å². The van der Waals surface area contributed by atoms with E-state index in [1.807, 2.05) is 0 Å². The van der Waals surface area contributed by atoms with Crippen molar-refractivity contribution in [3.63, 3.8) is 0 Å². The Kier molecular flexibility index (Phi) is 4.58. The lowest BCUT2D eigenvalue weighted by molar-refractivity contribution is -0.133. The van der Waals surface area contributed by atoms with Gasteiger partial charge in [-0.05, 0) is 56.8 Å². The normalized spacial score (nSPS) is 40.2. The van der Waals surface area contributed by atoms with Crippen molar-refractivity contribution in [2.45, 2.75) is 90.4 Å². The first kappa shape index (κ1) is 15.3. The van der Waals surface area contributed by atoms with Crippen LogP contribution in [0.25, 0.3) is 0 Å². The summed E-state index contributed by atoms with van der Waals surface area (Å²) in [6, 6.07) is 0.506. The van der Waals surface area contributed by atoms with Crippen LogP contribution in [0, 0.1) is 17.8 Å². The molecule has 3 nitrogen and oxygen atoms in total. The fourth-order valence-corrected chi connectivity index (χ4v) is 5.28. The molecule has 0 aromatic carbocycles. The average Bonchev–Trinajstić information content (AvgIpc) is 3.15. The molecule has 6 unspecified atom stereocenters. The van der Waals surface area contributed by atoms with E-state index in [0.717, 1.165) is 43.4 Å². The molecule has 1 amide bonds. The van der Waals surface area contributed by atoms with E-state index in [2.05, 4.69) is 31.0 Å². The van der Waals surface area contributed by atoms with E-state index in [0.29, 0.717) is 11.9 Å². The van der Waals surface area contributed by atoms with Gasteiger partial charge in [0.2, 0.25) is 5.91 Å². The number of amides is 1. The third-order valence-corrected chi connectivity index (χ3v) is 6.27. The number of carbonyl (C=O) groups excluding carboxylic acids is 1. The molecular formula is C18H32N2O. The third-order valence-electron chi connectivity index (χ3n) is 6.27. The van der Waals surface area contributed by atoms with E-state index in [1.54, 1.807) is 0 Å². The van der Waals surface area contributed by atoms with Gasteiger partial charge in [-0.2, -0.15) is 0 Å². The SMILES string of the molecule is CCCC1NC(CCC)N(C(C)C2CC3CCC2C3)C1=O.